The smallest absolute Gasteiger partial charge is 0.123 e. The Kier molecular flexibility index (Phi) is 4.19. The molecule has 0 fully saturated rings. The molecule has 0 aliphatic carbocycles. The molecule has 0 amide bonds. The largest absolute Gasteiger partial charge is 0.494 e. The molecule has 15 heavy (non-hydrogen) atoms. The highest BCUT2D eigenvalue weighted by atomic mass is 16.5. The fraction of sp³-hybridized carbons (Fsp3) is 0.571. The highest BCUT2D eigenvalue weighted by Gasteiger charge is 2.14. The van der Waals surface area contributed by atoms with Crippen LogP contribution in [0.4, 0.5) is 0 Å². The van der Waals surface area contributed by atoms with Crippen molar-refractivity contribution in [2.45, 2.75) is 46.5 Å². The zero-order valence-corrected chi connectivity index (χ0v) is 10.5. The first kappa shape index (κ1) is 12.1. The van der Waals surface area contributed by atoms with Gasteiger partial charge < -0.3 is 4.74 Å². The molecule has 1 heteroatoms. The molecule has 0 aliphatic rings. The summed E-state index contributed by atoms with van der Waals surface area (Å²) in [6, 6.07) is 6.37. The van der Waals surface area contributed by atoms with Gasteiger partial charge in [-0.1, -0.05) is 39.8 Å². The van der Waals surface area contributed by atoms with Crippen LogP contribution in [0, 0.1) is 0 Å². The van der Waals surface area contributed by atoms with Crippen LogP contribution >= 0.6 is 0 Å². The van der Waals surface area contributed by atoms with Crippen molar-refractivity contribution in [2.75, 3.05) is 6.61 Å². The van der Waals surface area contributed by atoms with E-state index in [-0.39, 0.29) is 0 Å². The van der Waals surface area contributed by atoms with Crippen molar-refractivity contribution in [1.29, 1.82) is 0 Å². The third kappa shape index (κ3) is 2.74. The molecular weight excluding hydrogens is 184 g/mol. The van der Waals surface area contributed by atoms with Crippen LogP contribution in [0.3, 0.4) is 0 Å². The SMILES string of the molecule is CCOc1cccc(C(C)C)c1C(C)C. The van der Waals surface area contributed by atoms with Gasteiger partial charge in [0.1, 0.15) is 5.75 Å². The predicted molar refractivity (Wildman–Crippen MR) is 65.8 cm³/mol. The van der Waals surface area contributed by atoms with E-state index in [2.05, 4.69) is 45.9 Å². The topological polar surface area (TPSA) is 9.23 Å². The normalized spacial score (nSPS) is 11.1. The van der Waals surface area contributed by atoms with Crippen molar-refractivity contribution in [3.05, 3.63) is 29.3 Å². The Balaban J connectivity index is 3.22. The van der Waals surface area contributed by atoms with Crippen molar-refractivity contribution >= 4 is 0 Å². The molecule has 1 rings (SSSR count). The van der Waals surface area contributed by atoms with E-state index in [1.165, 1.54) is 11.1 Å². The van der Waals surface area contributed by atoms with E-state index >= 15 is 0 Å². The number of rotatable bonds is 4. The van der Waals surface area contributed by atoms with Crippen LogP contribution in [-0.2, 0) is 0 Å². The van der Waals surface area contributed by atoms with Gasteiger partial charge in [0.25, 0.3) is 0 Å². The van der Waals surface area contributed by atoms with E-state index in [0.717, 1.165) is 12.4 Å². The van der Waals surface area contributed by atoms with Crippen molar-refractivity contribution in [3.63, 3.8) is 0 Å². The molecule has 0 spiro atoms. The molecular formula is C14H22O. The highest BCUT2D eigenvalue weighted by molar-refractivity contribution is 5.43. The summed E-state index contributed by atoms with van der Waals surface area (Å²) < 4.78 is 5.69. The Labute approximate surface area is 93.5 Å². The van der Waals surface area contributed by atoms with Gasteiger partial charge in [-0.25, -0.2) is 0 Å². The molecule has 0 bridgehead atoms. The summed E-state index contributed by atoms with van der Waals surface area (Å²) in [5, 5.41) is 0. The Morgan fingerprint density at radius 3 is 2.20 bits per heavy atom. The lowest BCUT2D eigenvalue weighted by molar-refractivity contribution is 0.334. The van der Waals surface area contributed by atoms with Gasteiger partial charge in [0.05, 0.1) is 6.61 Å². The fourth-order valence-electron chi connectivity index (χ4n) is 1.96. The molecule has 0 aromatic heterocycles. The molecule has 0 heterocycles. The first-order valence-corrected chi connectivity index (χ1v) is 5.83. The van der Waals surface area contributed by atoms with Crippen LogP contribution in [0.15, 0.2) is 18.2 Å². The summed E-state index contributed by atoms with van der Waals surface area (Å²) in [5.41, 5.74) is 2.78. The minimum absolute atomic E-state index is 0.519. The van der Waals surface area contributed by atoms with Crippen LogP contribution in [0.25, 0.3) is 0 Å². The van der Waals surface area contributed by atoms with Crippen LogP contribution < -0.4 is 4.74 Å². The standard InChI is InChI=1S/C14H22O/c1-6-15-13-9-7-8-12(10(2)3)14(13)11(4)5/h7-11H,6H2,1-5H3. The van der Waals surface area contributed by atoms with Crippen molar-refractivity contribution in [2.24, 2.45) is 0 Å². The first-order valence-electron chi connectivity index (χ1n) is 5.83. The summed E-state index contributed by atoms with van der Waals surface area (Å²) in [6.07, 6.45) is 0. The Bertz CT molecular complexity index is 313. The van der Waals surface area contributed by atoms with Gasteiger partial charge in [-0.15, -0.1) is 0 Å². The maximum absolute atomic E-state index is 5.69. The highest BCUT2D eigenvalue weighted by Crippen LogP contribution is 2.33. The fourth-order valence-corrected chi connectivity index (χ4v) is 1.96. The van der Waals surface area contributed by atoms with Gasteiger partial charge in [-0.05, 0) is 30.4 Å². The van der Waals surface area contributed by atoms with Crippen LogP contribution in [0.1, 0.15) is 57.6 Å². The quantitative estimate of drug-likeness (QED) is 0.712. The molecule has 1 aromatic rings. The van der Waals surface area contributed by atoms with Gasteiger partial charge in [0.2, 0.25) is 0 Å². The van der Waals surface area contributed by atoms with Gasteiger partial charge >= 0.3 is 0 Å². The molecule has 0 N–H and O–H groups in total. The zero-order valence-electron chi connectivity index (χ0n) is 10.5. The average molecular weight is 206 g/mol. The second kappa shape index (κ2) is 5.20. The van der Waals surface area contributed by atoms with Gasteiger partial charge in [0, 0.05) is 5.56 Å². The lowest BCUT2D eigenvalue weighted by atomic mass is 9.90. The van der Waals surface area contributed by atoms with Gasteiger partial charge in [0.15, 0.2) is 0 Å². The van der Waals surface area contributed by atoms with Crippen molar-refractivity contribution in [3.8, 4) is 5.75 Å². The van der Waals surface area contributed by atoms with E-state index in [1.54, 1.807) is 0 Å². The summed E-state index contributed by atoms with van der Waals surface area (Å²) in [6.45, 7) is 11.7. The molecule has 0 unspecified atom stereocenters. The monoisotopic (exact) mass is 206 g/mol. The maximum atomic E-state index is 5.69. The van der Waals surface area contributed by atoms with Gasteiger partial charge in [-0.2, -0.15) is 0 Å². The third-order valence-electron chi connectivity index (χ3n) is 2.60. The molecule has 0 aliphatic heterocycles. The predicted octanol–water partition coefficient (Wildman–Crippen LogP) is 4.33. The number of hydrogen-bond donors (Lipinski definition) is 0. The molecule has 0 atom stereocenters. The Morgan fingerprint density at radius 1 is 1.07 bits per heavy atom. The minimum Gasteiger partial charge on any atom is -0.494 e. The Morgan fingerprint density at radius 2 is 1.73 bits per heavy atom. The lowest BCUT2D eigenvalue weighted by Crippen LogP contribution is -2.03. The van der Waals surface area contributed by atoms with E-state index in [0.29, 0.717) is 11.8 Å². The van der Waals surface area contributed by atoms with Crippen LogP contribution in [-0.4, -0.2) is 6.61 Å². The second-order valence-corrected chi connectivity index (χ2v) is 4.50. The molecule has 0 saturated carbocycles. The molecule has 1 nitrogen and oxygen atoms in total. The molecule has 84 valence electrons. The second-order valence-electron chi connectivity index (χ2n) is 4.50. The summed E-state index contributed by atoms with van der Waals surface area (Å²) in [7, 11) is 0. The van der Waals surface area contributed by atoms with Crippen molar-refractivity contribution in [1.82, 2.24) is 0 Å². The average Bonchev–Trinajstić information content (AvgIpc) is 2.17. The Hall–Kier alpha value is -0.980. The first-order chi connectivity index (χ1) is 7.07. The lowest BCUT2D eigenvalue weighted by Gasteiger charge is -2.19. The number of ether oxygens (including phenoxy) is 1. The van der Waals surface area contributed by atoms with Gasteiger partial charge in [-0.3, -0.25) is 0 Å². The third-order valence-corrected chi connectivity index (χ3v) is 2.60. The summed E-state index contributed by atoms with van der Waals surface area (Å²) in [4.78, 5) is 0. The zero-order chi connectivity index (χ0) is 11.4. The molecule has 1 aromatic carbocycles. The van der Waals surface area contributed by atoms with E-state index in [4.69, 9.17) is 4.74 Å². The van der Waals surface area contributed by atoms with Crippen LogP contribution in [0.5, 0.6) is 5.75 Å². The van der Waals surface area contributed by atoms with E-state index < -0.39 is 0 Å². The number of hydrogen-bond acceptors (Lipinski definition) is 1. The minimum atomic E-state index is 0.519. The van der Waals surface area contributed by atoms with E-state index in [1.807, 2.05) is 6.92 Å². The maximum Gasteiger partial charge on any atom is 0.123 e. The summed E-state index contributed by atoms with van der Waals surface area (Å²) in [5.74, 6) is 2.13. The summed E-state index contributed by atoms with van der Waals surface area (Å²) >= 11 is 0. The molecule has 0 radical (unpaired) electrons. The molecule has 0 saturated heterocycles. The number of benzene rings is 1. The van der Waals surface area contributed by atoms with Crippen molar-refractivity contribution < 1.29 is 4.74 Å². The van der Waals surface area contributed by atoms with Crippen LogP contribution in [0.2, 0.25) is 0 Å². The van der Waals surface area contributed by atoms with E-state index in [9.17, 15) is 0 Å².